The highest BCUT2D eigenvalue weighted by Crippen LogP contribution is 2.24. The van der Waals surface area contributed by atoms with Gasteiger partial charge in [0.1, 0.15) is 5.76 Å². The van der Waals surface area contributed by atoms with Crippen molar-refractivity contribution in [2.24, 2.45) is 5.92 Å². The van der Waals surface area contributed by atoms with Crippen molar-refractivity contribution in [3.8, 4) is 17.4 Å². The number of nitriles is 1. The Labute approximate surface area is 106 Å². The summed E-state index contributed by atoms with van der Waals surface area (Å²) in [6.45, 7) is 3.67. The fraction of sp³-hybridized carbons (Fsp3) is 0.200. The van der Waals surface area contributed by atoms with Gasteiger partial charge in [0.2, 0.25) is 5.78 Å². The zero-order chi connectivity index (χ0) is 13.1. The van der Waals surface area contributed by atoms with Crippen LogP contribution in [0.4, 0.5) is 0 Å². The van der Waals surface area contributed by atoms with E-state index in [1.807, 2.05) is 19.9 Å². The summed E-state index contributed by atoms with van der Waals surface area (Å²) >= 11 is 0. The highest BCUT2D eigenvalue weighted by atomic mass is 16.3. The number of rotatable bonds is 3. The monoisotopic (exact) mass is 239 g/mol. The summed E-state index contributed by atoms with van der Waals surface area (Å²) in [5, 5.41) is 8.84. The second-order valence-corrected chi connectivity index (χ2v) is 4.38. The lowest BCUT2D eigenvalue weighted by Gasteiger charge is -2.00. The third kappa shape index (κ3) is 2.33. The molecule has 2 aromatic rings. The van der Waals surface area contributed by atoms with E-state index in [-0.39, 0.29) is 11.7 Å². The van der Waals surface area contributed by atoms with Crippen molar-refractivity contribution in [3.63, 3.8) is 0 Å². The average molecular weight is 239 g/mol. The van der Waals surface area contributed by atoms with Gasteiger partial charge >= 0.3 is 0 Å². The van der Waals surface area contributed by atoms with E-state index < -0.39 is 0 Å². The van der Waals surface area contributed by atoms with E-state index in [1.165, 1.54) is 0 Å². The summed E-state index contributed by atoms with van der Waals surface area (Å²) in [6.07, 6.45) is 0. The Hall–Kier alpha value is -2.34. The van der Waals surface area contributed by atoms with Gasteiger partial charge in [-0.25, -0.2) is 0 Å². The van der Waals surface area contributed by atoms with Crippen molar-refractivity contribution < 1.29 is 9.21 Å². The van der Waals surface area contributed by atoms with Crippen molar-refractivity contribution in [3.05, 3.63) is 47.7 Å². The number of benzene rings is 1. The quantitative estimate of drug-likeness (QED) is 0.768. The molecule has 0 saturated heterocycles. The lowest BCUT2D eigenvalue weighted by Crippen LogP contribution is -2.05. The number of hydrogen-bond acceptors (Lipinski definition) is 3. The lowest BCUT2D eigenvalue weighted by atomic mass is 10.1. The van der Waals surface area contributed by atoms with Crippen LogP contribution in [0, 0.1) is 17.2 Å². The van der Waals surface area contributed by atoms with Gasteiger partial charge in [0.05, 0.1) is 11.6 Å². The molecule has 0 bridgehead atoms. The molecular weight excluding hydrogens is 226 g/mol. The van der Waals surface area contributed by atoms with Gasteiger partial charge in [-0.3, -0.25) is 4.79 Å². The molecule has 0 aliphatic carbocycles. The number of carbonyl (C=O) groups is 1. The molecule has 0 atom stereocenters. The minimum absolute atomic E-state index is 0.0160. The van der Waals surface area contributed by atoms with Gasteiger partial charge in [0.15, 0.2) is 5.76 Å². The van der Waals surface area contributed by atoms with Gasteiger partial charge in [0.25, 0.3) is 0 Å². The molecule has 0 fully saturated rings. The van der Waals surface area contributed by atoms with Crippen LogP contribution >= 0.6 is 0 Å². The van der Waals surface area contributed by atoms with Crippen LogP contribution in [-0.4, -0.2) is 5.78 Å². The molecule has 0 aliphatic heterocycles. The number of furan rings is 1. The van der Waals surface area contributed by atoms with E-state index in [0.29, 0.717) is 17.1 Å². The first-order chi connectivity index (χ1) is 8.61. The number of ketones is 1. The van der Waals surface area contributed by atoms with Crippen molar-refractivity contribution in [1.29, 1.82) is 5.26 Å². The van der Waals surface area contributed by atoms with Gasteiger partial charge in [-0.05, 0) is 24.3 Å². The first-order valence-electron chi connectivity index (χ1n) is 5.76. The fourth-order valence-corrected chi connectivity index (χ4v) is 1.65. The third-order valence-electron chi connectivity index (χ3n) is 2.65. The van der Waals surface area contributed by atoms with E-state index in [2.05, 4.69) is 6.07 Å². The van der Waals surface area contributed by atoms with E-state index in [1.54, 1.807) is 30.3 Å². The van der Waals surface area contributed by atoms with Crippen LogP contribution in [0.15, 0.2) is 40.8 Å². The Bertz CT molecular complexity index is 617. The van der Waals surface area contributed by atoms with Crippen LogP contribution in [0.2, 0.25) is 0 Å². The lowest BCUT2D eigenvalue weighted by molar-refractivity contribution is 0.0912. The average Bonchev–Trinajstić information content (AvgIpc) is 2.87. The smallest absolute Gasteiger partial charge is 0.200 e. The van der Waals surface area contributed by atoms with Gasteiger partial charge in [-0.2, -0.15) is 5.26 Å². The van der Waals surface area contributed by atoms with Crippen LogP contribution < -0.4 is 0 Å². The molecule has 90 valence electrons. The minimum atomic E-state index is -0.0885. The zero-order valence-corrected chi connectivity index (χ0v) is 10.3. The van der Waals surface area contributed by atoms with E-state index in [9.17, 15) is 4.79 Å². The van der Waals surface area contributed by atoms with Gasteiger partial charge < -0.3 is 4.42 Å². The number of nitrogens with zero attached hydrogens (tertiary/aromatic N) is 1. The molecule has 18 heavy (non-hydrogen) atoms. The molecule has 0 unspecified atom stereocenters. The number of carbonyl (C=O) groups excluding carboxylic acids is 1. The molecule has 1 heterocycles. The second kappa shape index (κ2) is 4.89. The third-order valence-corrected chi connectivity index (χ3v) is 2.65. The van der Waals surface area contributed by atoms with Gasteiger partial charge in [-0.15, -0.1) is 0 Å². The molecular formula is C15H13NO2. The molecule has 0 saturated carbocycles. The Morgan fingerprint density at radius 1 is 1.28 bits per heavy atom. The Morgan fingerprint density at radius 3 is 2.72 bits per heavy atom. The summed E-state index contributed by atoms with van der Waals surface area (Å²) in [5.41, 5.74) is 1.37. The predicted octanol–water partition coefficient (Wildman–Crippen LogP) is 3.66. The summed E-state index contributed by atoms with van der Waals surface area (Å²) in [7, 11) is 0. The molecule has 0 N–H and O–H groups in total. The van der Waals surface area contributed by atoms with Crippen LogP contribution in [0.25, 0.3) is 11.3 Å². The molecule has 0 radical (unpaired) electrons. The molecule has 2 rings (SSSR count). The summed E-state index contributed by atoms with van der Waals surface area (Å²) in [4.78, 5) is 11.8. The van der Waals surface area contributed by atoms with Crippen molar-refractivity contribution in [2.45, 2.75) is 13.8 Å². The molecule has 3 nitrogen and oxygen atoms in total. The standard InChI is InChI=1S/C15H13NO2/c1-10(2)15(17)14-7-6-13(18-14)12-5-3-4-11(8-12)9-16/h3-8,10H,1-2H3. The van der Waals surface area contributed by atoms with E-state index >= 15 is 0 Å². The summed E-state index contributed by atoms with van der Waals surface area (Å²) in [5.74, 6) is 0.866. The molecule has 0 aliphatic rings. The van der Waals surface area contributed by atoms with Crippen LogP contribution in [0.3, 0.4) is 0 Å². The highest BCUT2D eigenvalue weighted by Gasteiger charge is 2.15. The molecule has 3 heteroatoms. The van der Waals surface area contributed by atoms with Gasteiger partial charge in [0, 0.05) is 11.5 Å². The normalized spacial score (nSPS) is 10.3. The van der Waals surface area contributed by atoms with E-state index in [0.717, 1.165) is 5.56 Å². The predicted molar refractivity (Wildman–Crippen MR) is 68.0 cm³/mol. The van der Waals surface area contributed by atoms with Crippen molar-refractivity contribution in [2.75, 3.05) is 0 Å². The highest BCUT2D eigenvalue weighted by molar-refractivity contribution is 5.95. The summed E-state index contributed by atoms with van der Waals surface area (Å²) in [6, 6.07) is 12.6. The van der Waals surface area contributed by atoms with Crippen LogP contribution in [-0.2, 0) is 0 Å². The second-order valence-electron chi connectivity index (χ2n) is 4.38. The SMILES string of the molecule is CC(C)C(=O)c1ccc(-c2cccc(C#N)c2)o1. The number of Topliss-reactive ketones (excluding diaryl/α,β-unsaturated/α-hetero) is 1. The van der Waals surface area contributed by atoms with Crippen molar-refractivity contribution in [1.82, 2.24) is 0 Å². The van der Waals surface area contributed by atoms with Crippen LogP contribution in [0.1, 0.15) is 30.0 Å². The molecule has 1 aromatic carbocycles. The Morgan fingerprint density at radius 2 is 2.06 bits per heavy atom. The maximum absolute atomic E-state index is 11.8. The number of hydrogen-bond donors (Lipinski definition) is 0. The molecule has 0 spiro atoms. The van der Waals surface area contributed by atoms with Gasteiger partial charge in [-0.1, -0.05) is 26.0 Å². The fourth-order valence-electron chi connectivity index (χ4n) is 1.65. The summed E-state index contributed by atoms with van der Waals surface area (Å²) < 4.78 is 5.53. The Kier molecular flexibility index (Phi) is 3.29. The first kappa shape index (κ1) is 12.1. The maximum Gasteiger partial charge on any atom is 0.200 e. The first-order valence-corrected chi connectivity index (χ1v) is 5.76. The molecule has 0 amide bonds. The topological polar surface area (TPSA) is 54.0 Å². The van der Waals surface area contributed by atoms with Crippen molar-refractivity contribution >= 4 is 5.78 Å². The minimum Gasteiger partial charge on any atom is -0.453 e. The largest absolute Gasteiger partial charge is 0.453 e. The Balaban J connectivity index is 2.35. The van der Waals surface area contributed by atoms with Crippen LogP contribution in [0.5, 0.6) is 0 Å². The zero-order valence-electron chi connectivity index (χ0n) is 10.3. The maximum atomic E-state index is 11.8. The van der Waals surface area contributed by atoms with E-state index in [4.69, 9.17) is 9.68 Å². The molecule has 1 aromatic heterocycles.